The number of hydrogen-bond donors (Lipinski definition) is 0. The van der Waals surface area contributed by atoms with Gasteiger partial charge in [0.1, 0.15) is 78.6 Å². The molecule has 0 heterocycles. The van der Waals surface area contributed by atoms with E-state index in [1.54, 1.807) is 0 Å². The predicted octanol–water partition coefficient (Wildman–Crippen LogP) is 6.24. The second-order valence-electron chi connectivity index (χ2n) is 10.4. The summed E-state index contributed by atoms with van der Waals surface area (Å²) < 4.78 is 86.0. The zero-order valence-electron chi connectivity index (χ0n) is 30.4. The second-order valence-corrected chi connectivity index (χ2v) is 14.4. The van der Waals surface area contributed by atoms with E-state index in [9.17, 15) is 0 Å². The molecule has 0 amide bonds. The molecule has 0 saturated carbocycles. The van der Waals surface area contributed by atoms with Gasteiger partial charge in [0, 0.05) is 21.3 Å². The lowest BCUT2D eigenvalue weighted by Gasteiger charge is -2.32. The maximum absolute atomic E-state index is 5.71. The molecule has 0 saturated heterocycles. The Bertz CT molecular complexity index is 615. The number of halogens is 8. The van der Waals surface area contributed by atoms with E-state index in [1.165, 1.54) is 0 Å². The quantitative estimate of drug-likeness (QED) is 0.0385. The van der Waals surface area contributed by atoms with E-state index in [1.807, 2.05) is 0 Å². The van der Waals surface area contributed by atoms with Gasteiger partial charge in [-0.25, -0.2) is 0 Å². The van der Waals surface area contributed by atoms with Gasteiger partial charge in [-0.2, -0.15) is 0 Å². The lowest BCUT2D eigenvalue weighted by Crippen LogP contribution is -2.42. The van der Waals surface area contributed by atoms with Crippen LogP contribution in [0, 0.1) is 10.8 Å². The van der Waals surface area contributed by atoms with E-state index in [2.05, 4.69) is 63.7 Å². The Morgan fingerprint density at radius 3 is 0.574 bits per heavy atom. The highest BCUT2D eigenvalue weighted by molar-refractivity contribution is 9.09. The van der Waals surface area contributed by atoms with Gasteiger partial charge in [0.25, 0.3) is 0 Å². The first-order valence-corrected chi connectivity index (χ1v) is 22.8. The van der Waals surface area contributed by atoms with Crippen molar-refractivity contribution in [2.45, 2.75) is 0 Å². The Hall–Kier alpha value is 2.44. The molecule has 0 aliphatic rings. The average Bonchev–Trinajstić information content (AvgIpc) is 3.18. The Labute approximate surface area is 373 Å². The van der Waals surface area contributed by atoms with Crippen LogP contribution in [-0.4, -0.2) is 179 Å². The second kappa shape index (κ2) is 48.1. The van der Waals surface area contributed by atoms with E-state index < -0.39 is 10.8 Å². The summed E-state index contributed by atoms with van der Waals surface area (Å²) in [6.07, 6.45) is 0. The molecule has 24 heteroatoms. The van der Waals surface area contributed by atoms with Crippen LogP contribution in [0.1, 0.15) is 0 Å². The van der Waals surface area contributed by atoms with Crippen molar-refractivity contribution in [1.29, 1.82) is 0 Å². The molecule has 0 aromatic carbocycles. The molecule has 16 nitrogen and oxygen atoms in total. The smallest absolute Gasteiger partial charge is 0.148 e. The molecule has 0 atom stereocenters. The van der Waals surface area contributed by atoms with Crippen molar-refractivity contribution in [2.24, 2.45) is 10.8 Å². The summed E-state index contributed by atoms with van der Waals surface area (Å²) in [5, 5.41) is 2.99. The van der Waals surface area contributed by atoms with Gasteiger partial charge in [-0.15, -0.1) is 0 Å². The van der Waals surface area contributed by atoms with Crippen LogP contribution in [0.5, 0.6) is 0 Å². The van der Waals surface area contributed by atoms with Crippen molar-refractivity contribution in [1.82, 2.24) is 0 Å². The fourth-order valence-electron chi connectivity index (χ4n) is 3.62. The van der Waals surface area contributed by atoms with Crippen molar-refractivity contribution < 1.29 is 75.8 Å². The Morgan fingerprint density at radius 1 is 0.259 bits per heavy atom. The van der Waals surface area contributed by atoms with Crippen molar-refractivity contribution in [3.8, 4) is 0 Å². The molecule has 0 spiro atoms. The lowest BCUT2D eigenvalue weighted by atomic mass is 9.92. The maximum Gasteiger partial charge on any atom is 0.148 e. The van der Waals surface area contributed by atoms with Crippen molar-refractivity contribution in [3.63, 3.8) is 0 Å². The Kier molecular flexibility index (Phi) is 52.1. The normalized spacial score (nSPS) is 12.0. The van der Waals surface area contributed by atoms with Gasteiger partial charge in [0.05, 0.1) is 90.1 Å². The minimum Gasteiger partial charge on any atom is -0.355 e. The first-order chi connectivity index (χ1) is 26.5. The van der Waals surface area contributed by atoms with Crippen molar-refractivity contribution >= 4 is 110 Å². The van der Waals surface area contributed by atoms with Crippen LogP contribution in [0.15, 0.2) is 0 Å². The highest BCUT2D eigenvalue weighted by Gasteiger charge is 2.34. The van der Waals surface area contributed by atoms with Crippen LogP contribution in [0.2, 0.25) is 0 Å². The Morgan fingerprint density at radius 2 is 0.426 bits per heavy atom. The van der Waals surface area contributed by atoms with Crippen LogP contribution < -0.4 is 0 Å². The van der Waals surface area contributed by atoms with Gasteiger partial charge in [0.15, 0.2) is 0 Å². The first kappa shape index (κ1) is 58.5. The zero-order chi connectivity index (χ0) is 40.1. The molecule has 0 radical (unpaired) electrons. The average molecular weight is 1130 g/mol. The topological polar surface area (TPSA) is 148 Å². The molecular weight excluding hydrogens is 1080 g/mol. The monoisotopic (exact) mass is 1130 g/mol. The Balaban J connectivity index is 0. The summed E-state index contributed by atoms with van der Waals surface area (Å²) in [5.74, 6) is 0. The molecule has 0 unspecified atom stereocenters. The number of ether oxygens (including phenoxy) is 16. The molecule has 0 aliphatic heterocycles. The molecule has 0 bridgehead atoms. The molecule has 0 fully saturated rings. The van der Waals surface area contributed by atoms with Gasteiger partial charge in [-0.3, -0.25) is 0 Å². The third kappa shape index (κ3) is 39.9. The third-order valence-electron chi connectivity index (χ3n) is 5.79. The maximum atomic E-state index is 5.71. The van der Waals surface area contributed by atoms with Gasteiger partial charge in [-0.05, 0) is 0 Å². The van der Waals surface area contributed by atoms with E-state index in [0.29, 0.717) is 52.9 Å². The molecule has 0 N–H and O–H groups in total. The van der Waals surface area contributed by atoms with Crippen LogP contribution >= 0.6 is 110 Å². The molecule has 328 valence electrons. The van der Waals surface area contributed by atoms with Gasteiger partial charge in [-0.1, -0.05) is 110 Å². The highest BCUT2D eigenvalue weighted by atomic mass is 79.9. The standard InChI is InChI=1S/C17H32Br4O8.C13H24Cl4O8/c18-1-5-22-13-26-9-17(10-27-14-23-6-2-19,11-28-15-24-7-3-20)12-29-16-25-8-4-21;14-5-22-9-18-1-13(2-19-10-23-6-15,3-20-11-24-7-16)4-21-12-25-8-17/h1-16H2;1-12H2. The summed E-state index contributed by atoms with van der Waals surface area (Å²) in [6.45, 7) is 5.12. The lowest BCUT2D eigenvalue weighted by molar-refractivity contribution is -0.181. The first-order valence-electron chi connectivity index (χ1n) is 16.2. The van der Waals surface area contributed by atoms with Crippen LogP contribution in [0.4, 0.5) is 0 Å². The zero-order valence-corrected chi connectivity index (χ0v) is 39.7. The molecule has 54 heavy (non-hydrogen) atoms. The molecule has 0 aromatic heterocycles. The third-order valence-corrected chi connectivity index (χ3v) is 7.71. The van der Waals surface area contributed by atoms with E-state index >= 15 is 0 Å². The largest absolute Gasteiger partial charge is 0.355 e. The van der Waals surface area contributed by atoms with E-state index in [0.717, 1.165) is 21.3 Å². The summed E-state index contributed by atoms with van der Waals surface area (Å²) in [6, 6.07) is 0.0841. The highest BCUT2D eigenvalue weighted by Crippen LogP contribution is 2.22. The van der Waals surface area contributed by atoms with Crippen LogP contribution in [0.25, 0.3) is 0 Å². The van der Waals surface area contributed by atoms with E-state index in [-0.39, 0.29) is 105 Å². The van der Waals surface area contributed by atoms with Crippen molar-refractivity contribution in [2.75, 3.05) is 179 Å². The predicted molar refractivity (Wildman–Crippen MR) is 218 cm³/mol. The van der Waals surface area contributed by atoms with Crippen molar-refractivity contribution in [3.05, 3.63) is 0 Å². The fraction of sp³-hybridized carbons (Fsp3) is 1.00. The summed E-state index contributed by atoms with van der Waals surface area (Å²) in [4.78, 5) is 0. The molecule has 0 rings (SSSR count). The minimum absolute atomic E-state index is 0.0137. The van der Waals surface area contributed by atoms with Gasteiger partial charge < -0.3 is 75.8 Å². The molecule has 0 aromatic rings. The van der Waals surface area contributed by atoms with Crippen LogP contribution in [-0.2, 0) is 75.8 Å². The number of hydrogen-bond acceptors (Lipinski definition) is 16. The fourth-order valence-corrected chi connectivity index (χ4v) is 4.78. The number of alkyl halides is 8. The molecular formula is C30H56Br4Cl4O16. The van der Waals surface area contributed by atoms with Gasteiger partial charge in [0.2, 0.25) is 0 Å². The van der Waals surface area contributed by atoms with Gasteiger partial charge >= 0.3 is 0 Å². The number of rotatable bonds is 44. The molecule has 0 aliphatic carbocycles. The summed E-state index contributed by atoms with van der Waals surface area (Å²) in [5.41, 5.74) is -1.25. The van der Waals surface area contributed by atoms with E-state index in [4.69, 9.17) is 122 Å². The summed E-state index contributed by atoms with van der Waals surface area (Å²) in [7, 11) is 0. The SMILES string of the molecule is BrCCOCOCC(COCOCCBr)(COCOCCBr)COCOCCBr.ClCOCOCC(COCOCCl)(COCOCCl)COCOCCl. The minimum atomic E-state index is -0.684. The summed E-state index contributed by atoms with van der Waals surface area (Å²) >= 11 is 35.0. The van der Waals surface area contributed by atoms with Crippen LogP contribution in [0.3, 0.4) is 0 Å².